The van der Waals surface area contributed by atoms with E-state index in [-0.39, 0.29) is 11.8 Å². The third-order valence-corrected chi connectivity index (χ3v) is 4.51. The van der Waals surface area contributed by atoms with Crippen LogP contribution in [0, 0.1) is 0 Å². The Labute approximate surface area is 184 Å². The van der Waals surface area contributed by atoms with Crippen LogP contribution < -0.4 is 21.3 Å². The zero-order chi connectivity index (χ0) is 22.2. The third-order valence-electron chi connectivity index (χ3n) is 4.23. The summed E-state index contributed by atoms with van der Waals surface area (Å²) in [5.74, 6) is 0.195. The molecule has 0 unspecified atom stereocenters. The SMILES string of the molecule is C=CC(=O)NCc1cccc(Nc2ncc(Cl)c(Nc3ccccc3C(=O)NC)n2)c1. The molecule has 9 heteroatoms. The highest BCUT2D eigenvalue weighted by Gasteiger charge is 2.12. The molecule has 0 atom stereocenters. The van der Waals surface area contributed by atoms with E-state index in [4.69, 9.17) is 11.6 Å². The van der Waals surface area contributed by atoms with E-state index in [1.54, 1.807) is 31.3 Å². The number of carbonyl (C=O) groups excluding carboxylic acids is 2. The molecule has 0 aliphatic rings. The third kappa shape index (κ3) is 5.80. The van der Waals surface area contributed by atoms with Crippen LogP contribution in [0.15, 0.2) is 67.4 Å². The molecule has 0 spiro atoms. The zero-order valence-electron chi connectivity index (χ0n) is 16.8. The minimum absolute atomic E-state index is 0.230. The summed E-state index contributed by atoms with van der Waals surface area (Å²) in [6, 6.07) is 14.5. The summed E-state index contributed by atoms with van der Waals surface area (Å²) in [5, 5.41) is 11.8. The number of amides is 2. The first-order valence-electron chi connectivity index (χ1n) is 9.37. The van der Waals surface area contributed by atoms with Crippen molar-refractivity contribution in [2.45, 2.75) is 6.54 Å². The van der Waals surface area contributed by atoms with Gasteiger partial charge in [-0.05, 0) is 35.9 Å². The van der Waals surface area contributed by atoms with Crippen molar-refractivity contribution >= 4 is 46.6 Å². The van der Waals surface area contributed by atoms with E-state index >= 15 is 0 Å². The molecule has 1 heterocycles. The normalized spacial score (nSPS) is 10.1. The molecule has 3 rings (SSSR count). The second-order valence-corrected chi connectivity index (χ2v) is 6.79. The Bertz CT molecular complexity index is 1120. The Morgan fingerprint density at radius 3 is 2.71 bits per heavy atom. The van der Waals surface area contributed by atoms with E-state index in [9.17, 15) is 9.59 Å². The van der Waals surface area contributed by atoms with Crippen LogP contribution in [-0.4, -0.2) is 28.8 Å². The topological polar surface area (TPSA) is 108 Å². The Balaban J connectivity index is 1.79. The summed E-state index contributed by atoms with van der Waals surface area (Å²) in [7, 11) is 1.57. The van der Waals surface area contributed by atoms with E-state index in [0.717, 1.165) is 11.3 Å². The van der Waals surface area contributed by atoms with Crippen molar-refractivity contribution in [1.29, 1.82) is 0 Å². The van der Waals surface area contributed by atoms with Gasteiger partial charge in [-0.25, -0.2) is 4.98 Å². The van der Waals surface area contributed by atoms with Crippen molar-refractivity contribution in [2.75, 3.05) is 17.7 Å². The zero-order valence-corrected chi connectivity index (χ0v) is 17.5. The minimum atomic E-state index is -0.243. The van der Waals surface area contributed by atoms with Crippen LogP contribution >= 0.6 is 11.6 Å². The number of aromatic nitrogens is 2. The molecular weight excluding hydrogens is 416 g/mol. The maximum Gasteiger partial charge on any atom is 0.253 e. The van der Waals surface area contributed by atoms with Gasteiger partial charge >= 0.3 is 0 Å². The van der Waals surface area contributed by atoms with Crippen LogP contribution in [0.1, 0.15) is 15.9 Å². The van der Waals surface area contributed by atoms with Gasteiger partial charge in [-0.1, -0.05) is 42.4 Å². The number of nitrogens with one attached hydrogen (secondary N) is 4. The lowest BCUT2D eigenvalue weighted by molar-refractivity contribution is -0.116. The fourth-order valence-electron chi connectivity index (χ4n) is 2.72. The van der Waals surface area contributed by atoms with Gasteiger partial charge in [0.15, 0.2) is 5.82 Å². The average Bonchev–Trinajstić information content (AvgIpc) is 2.79. The van der Waals surface area contributed by atoms with E-state index in [2.05, 4.69) is 37.8 Å². The number of rotatable bonds is 8. The highest BCUT2D eigenvalue weighted by atomic mass is 35.5. The summed E-state index contributed by atoms with van der Waals surface area (Å²) in [6.07, 6.45) is 2.69. The lowest BCUT2D eigenvalue weighted by Gasteiger charge is -2.13. The molecule has 0 saturated heterocycles. The van der Waals surface area contributed by atoms with Gasteiger partial charge in [0, 0.05) is 19.3 Å². The fraction of sp³-hybridized carbons (Fsp3) is 0.0909. The average molecular weight is 437 g/mol. The van der Waals surface area contributed by atoms with E-state index in [1.807, 2.05) is 24.3 Å². The molecule has 2 aromatic carbocycles. The van der Waals surface area contributed by atoms with Crippen molar-refractivity contribution in [2.24, 2.45) is 0 Å². The minimum Gasteiger partial charge on any atom is -0.355 e. The molecule has 3 aromatic rings. The van der Waals surface area contributed by atoms with Gasteiger partial charge in [-0.15, -0.1) is 0 Å². The second-order valence-electron chi connectivity index (χ2n) is 6.39. The number of hydrogen-bond donors (Lipinski definition) is 4. The Morgan fingerprint density at radius 2 is 1.94 bits per heavy atom. The first-order valence-corrected chi connectivity index (χ1v) is 9.75. The van der Waals surface area contributed by atoms with Gasteiger partial charge in [-0.3, -0.25) is 9.59 Å². The Hall–Kier alpha value is -3.91. The molecule has 1 aromatic heterocycles. The number of halogens is 1. The van der Waals surface area contributed by atoms with Crippen LogP contribution in [-0.2, 0) is 11.3 Å². The number of benzene rings is 2. The maximum atomic E-state index is 12.1. The summed E-state index contributed by atoms with van der Waals surface area (Å²) in [5.41, 5.74) is 2.66. The molecule has 0 bridgehead atoms. The molecule has 158 valence electrons. The maximum absolute atomic E-state index is 12.1. The number of hydrogen-bond acceptors (Lipinski definition) is 6. The second kappa shape index (κ2) is 10.2. The van der Waals surface area contributed by atoms with Crippen LogP contribution in [0.2, 0.25) is 5.02 Å². The molecular formula is C22H21ClN6O2. The van der Waals surface area contributed by atoms with Gasteiger partial charge < -0.3 is 21.3 Å². The van der Waals surface area contributed by atoms with Crippen LogP contribution in [0.25, 0.3) is 0 Å². The van der Waals surface area contributed by atoms with E-state index in [0.29, 0.717) is 34.6 Å². The van der Waals surface area contributed by atoms with Crippen molar-refractivity contribution < 1.29 is 9.59 Å². The predicted molar refractivity (Wildman–Crippen MR) is 122 cm³/mol. The summed E-state index contributed by atoms with van der Waals surface area (Å²) >= 11 is 6.26. The monoisotopic (exact) mass is 436 g/mol. The van der Waals surface area contributed by atoms with E-state index < -0.39 is 0 Å². The summed E-state index contributed by atoms with van der Waals surface area (Å²) < 4.78 is 0. The molecule has 4 N–H and O–H groups in total. The number of anilines is 4. The highest BCUT2D eigenvalue weighted by Crippen LogP contribution is 2.27. The van der Waals surface area contributed by atoms with Gasteiger partial charge in [-0.2, -0.15) is 4.98 Å². The summed E-state index contributed by atoms with van der Waals surface area (Å²) in [4.78, 5) is 32.1. The van der Waals surface area contributed by atoms with Gasteiger partial charge in [0.2, 0.25) is 11.9 Å². The van der Waals surface area contributed by atoms with Gasteiger partial charge in [0.25, 0.3) is 5.91 Å². The summed E-state index contributed by atoms with van der Waals surface area (Å²) in [6.45, 7) is 3.80. The fourth-order valence-corrected chi connectivity index (χ4v) is 2.86. The first-order chi connectivity index (χ1) is 15.0. The lowest BCUT2D eigenvalue weighted by Crippen LogP contribution is -2.19. The predicted octanol–water partition coefficient (Wildman–Crippen LogP) is 3.78. The molecule has 0 fully saturated rings. The van der Waals surface area contributed by atoms with E-state index in [1.165, 1.54) is 12.3 Å². The molecule has 8 nitrogen and oxygen atoms in total. The lowest BCUT2D eigenvalue weighted by atomic mass is 10.1. The number of para-hydroxylation sites is 1. The van der Waals surface area contributed by atoms with Gasteiger partial charge in [0.05, 0.1) is 17.4 Å². The van der Waals surface area contributed by atoms with Crippen molar-refractivity contribution in [1.82, 2.24) is 20.6 Å². The Kier molecular flexibility index (Phi) is 7.18. The van der Waals surface area contributed by atoms with Crippen LogP contribution in [0.4, 0.5) is 23.1 Å². The highest BCUT2D eigenvalue weighted by molar-refractivity contribution is 6.33. The van der Waals surface area contributed by atoms with Crippen LogP contribution in [0.5, 0.6) is 0 Å². The first kappa shape index (κ1) is 21.8. The van der Waals surface area contributed by atoms with Gasteiger partial charge in [0.1, 0.15) is 5.02 Å². The standard InChI is InChI=1S/C22H21ClN6O2/c1-3-19(30)25-12-14-7-6-8-15(11-14)27-22-26-13-17(23)20(29-22)28-18-10-5-4-9-16(18)21(31)24-2/h3-11,13H,1,12H2,2H3,(H,24,31)(H,25,30)(H2,26,27,28,29). The van der Waals surface area contributed by atoms with Crippen LogP contribution in [0.3, 0.4) is 0 Å². The molecule has 2 amide bonds. The quantitative estimate of drug-likeness (QED) is 0.400. The molecule has 0 saturated carbocycles. The van der Waals surface area contributed by atoms with Crippen molar-refractivity contribution in [3.05, 3.63) is 83.5 Å². The Morgan fingerprint density at radius 1 is 1.13 bits per heavy atom. The van der Waals surface area contributed by atoms with Crippen molar-refractivity contribution in [3.8, 4) is 0 Å². The number of nitrogens with zero attached hydrogens (tertiary/aromatic N) is 2. The largest absolute Gasteiger partial charge is 0.355 e. The molecule has 0 aliphatic carbocycles. The molecule has 0 radical (unpaired) electrons. The van der Waals surface area contributed by atoms with Crippen molar-refractivity contribution in [3.63, 3.8) is 0 Å². The molecule has 31 heavy (non-hydrogen) atoms. The number of carbonyl (C=O) groups is 2. The molecule has 0 aliphatic heterocycles. The smallest absolute Gasteiger partial charge is 0.253 e.